The molecule has 1 heteroatoms. The van der Waals surface area contributed by atoms with E-state index < -0.39 is 0 Å². The summed E-state index contributed by atoms with van der Waals surface area (Å²) in [4.78, 5) is 0. The van der Waals surface area contributed by atoms with Gasteiger partial charge in [-0.2, -0.15) is 0 Å². The highest BCUT2D eigenvalue weighted by molar-refractivity contribution is 4.80. The van der Waals surface area contributed by atoms with Crippen LogP contribution in [-0.4, -0.2) is 12.7 Å². The van der Waals surface area contributed by atoms with Crippen molar-refractivity contribution in [1.82, 2.24) is 0 Å². The predicted molar refractivity (Wildman–Crippen MR) is 77.3 cm³/mol. The number of hydrogen-bond acceptors (Lipinski definition) is 1. The van der Waals surface area contributed by atoms with Crippen LogP contribution >= 0.6 is 0 Å². The zero-order valence-electron chi connectivity index (χ0n) is 13.4. The van der Waals surface area contributed by atoms with E-state index in [4.69, 9.17) is 4.74 Å². The number of ether oxygens (including phenoxy) is 1. The van der Waals surface area contributed by atoms with Crippen LogP contribution in [0.3, 0.4) is 0 Å². The summed E-state index contributed by atoms with van der Waals surface area (Å²) in [7, 11) is 0. The van der Waals surface area contributed by atoms with Gasteiger partial charge in [-0.3, -0.25) is 0 Å². The lowest BCUT2D eigenvalue weighted by atomic mass is 9.78. The molecule has 0 aromatic rings. The van der Waals surface area contributed by atoms with Gasteiger partial charge in [0.2, 0.25) is 0 Å². The van der Waals surface area contributed by atoms with Gasteiger partial charge in [0.25, 0.3) is 0 Å². The van der Waals surface area contributed by atoms with Gasteiger partial charge in [0.15, 0.2) is 0 Å². The molecule has 1 nitrogen and oxygen atoms in total. The molecule has 0 spiro atoms. The zero-order valence-corrected chi connectivity index (χ0v) is 13.4. The van der Waals surface area contributed by atoms with Crippen molar-refractivity contribution in [3.63, 3.8) is 0 Å². The third-order valence-corrected chi connectivity index (χ3v) is 3.57. The Labute approximate surface area is 109 Å². The molecule has 17 heavy (non-hydrogen) atoms. The second-order valence-corrected chi connectivity index (χ2v) is 7.66. The fraction of sp³-hybridized carbons (Fsp3) is 1.00. The number of rotatable bonds is 7. The number of hydrogen-bond donors (Lipinski definition) is 0. The van der Waals surface area contributed by atoms with Crippen LogP contribution in [0.1, 0.15) is 74.7 Å². The molecule has 0 radical (unpaired) electrons. The standard InChI is InChI=1S/C16H34O/c1-9-16(7,8)14(17-12-13(2)3)10-11-15(4,5)6/h13-14H,9-12H2,1-8H3. The van der Waals surface area contributed by atoms with Crippen molar-refractivity contribution in [3.8, 4) is 0 Å². The minimum atomic E-state index is 0.292. The Kier molecular flexibility index (Phi) is 6.76. The van der Waals surface area contributed by atoms with Crippen molar-refractivity contribution in [1.29, 1.82) is 0 Å². The summed E-state index contributed by atoms with van der Waals surface area (Å²) in [5, 5.41) is 0. The van der Waals surface area contributed by atoms with Crippen LogP contribution in [0, 0.1) is 16.7 Å². The maximum absolute atomic E-state index is 6.15. The first-order valence-electron chi connectivity index (χ1n) is 7.20. The molecule has 0 saturated carbocycles. The average Bonchev–Trinajstić information content (AvgIpc) is 2.15. The molecular formula is C16H34O. The second-order valence-electron chi connectivity index (χ2n) is 7.66. The third kappa shape index (κ3) is 7.81. The molecule has 0 aliphatic rings. The van der Waals surface area contributed by atoms with E-state index in [1.165, 1.54) is 19.3 Å². The zero-order chi connectivity index (χ0) is 13.7. The van der Waals surface area contributed by atoms with Crippen molar-refractivity contribution in [2.75, 3.05) is 6.61 Å². The lowest BCUT2D eigenvalue weighted by Gasteiger charge is -2.35. The Morgan fingerprint density at radius 2 is 1.53 bits per heavy atom. The van der Waals surface area contributed by atoms with E-state index in [1.54, 1.807) is 0 Å². The first-order valence-corrected chi connectivity index (χ1v) is 7.20. The molecule has 0 heterocycles. The quantitative estimate of drug-likeness (QED) is 0.589. The van der Waals surface area contributed by atoms with E-state index in [9.17, 15) is 0 Å². The molecule has 0 amide bonds. The maximum Gasteiger partial charge on any atom is 0.0626 e. The highest BCUT2D eigenvalue weighted by atomic mass is 16.5. The van der Waals surface area contributed by atoms with Crippen LogP contribution in [-0.2, 0) is 4.74 Å². The van der Waals surface area contributed by atoms with Gasteiger partial charge < -0.3 is 4.74 Å². The van der Waals surface area contributed by atoms with Crippen molar-refractivity contribution < 1.29 is 4.74 Å². The van der Waals surface area contributed by atoms with Crippen molar-refractivity contribution in [3.05, 3.63) is 0 Å². The van der Waals surface area contributed by atoms with Crippen LogP contribution in [0.4, 0.5) is 0 Å². The van der Waals surface area contributed by atoms with Crippen LogP contribution in [0.25, 0.3) is 0 Å². The molecule has 0 aromatic carbocycles. The summed E-state index contributed by atoms with van der Waals surface area (Å²) in [6.07, 6.45) is 3.99. The van der Waals surface area contributed by atoms with Gasteiger partial charge in [-0.15, -0.1) is 0 Å². The second kappa shape index (κ2) is 6.78. The smallest absolute Gasteiger partial charge is 0.0626 e. The Bertz CT molecular complexity index is 198. The molecule has 0 fully saturated rings. The molecule has 0 aliphatic heterocycles. The molecule has 1 atom stereocenters. The summed E-state index contributed by atoms with van der Waals surface area (Å²) in [5.74, 6) is 0.625. The lowest BCUT2D eigenvalue weighted by Crippen LogP contribution is -2.33. The maximum atomic E-state index is 6.15. The van der Waals surface area contributed by atoms with E-state index in [1.807, 2.05) is 0 Å². The summed E-state index contributed by atoms with van der Waals surface area (Å²) >= 11 is 0. The Balaban J connectivity index is 4.41. The summed E-state index contributed by atoms with van der Waals surface area (Å²) in [5.41, 5.74) is 0.698. The first-order chi connectivity index (χ1) is 7.58. The van der Waals surface area contributed by atoms with Crippen molar-refractivity contribution >= 4 is 0 Å². The summed E-state index contributed by atoms with van der Waals surface area (Å²) < 4.78 is 6.15. The van der Waals surface area contributed by atoms with Gasteiger partial charge in [0.05, 0.1) is 6.10 Å². The highest BCUT2D eigenvalue weighted by Gasteiger charge is 2.29. The summed E-state index contributed by atoms with van der Waals surface area (Å²) in [6, 6.07) is 0. The topological polar surface area (TPSA) is 9.23 Å². The summed E-state index contributed by atoms with van der Waals surface area (Å²) in [6.45, 7) is 19.2. The van der Waals surface area contributed by atoms with E-state index in [0.29, 0.717) is 22.9 Å². The predicted octanol–water partition coefficient (Wildman–Crippen LogP) is 5.29. The van der Waals surface area contributed by atoms with Gasteiger partial charge >= 0.3 is 0 Å². The van der Waals surface area contributed by atoms with Crippen molar-refractivity contribution in [2.24, 2.45) is 16.7 Å². The van der Waals surface area contributed by atoms with Crippen LogP contribution in [0.15, 0.2) is 0 Å². The first kappa shape index (κ1) is 17.0. The Hall–Kier alpha value is -0.0400. The highest BCUT2D eigenvalue weighted by Crippen LogP contribution is 2.33. The molecule has 0 aromatic heterocycles. The normalized spacial score (nSPS) is 15.4. The molecule has 0 N–H and O–H groups in total. The fourth-order valence-electron chi connectivity index (χ4n) is 1.80. The molecule has 0 aliphatic carbocycles. The van der Waals surface area contributed by atoms with E-state index in [2.05, 4.69) is 55.4 Å². The molecule has 1 unspecified atom stereocenters. The van der Waals surface area contributed by atoms with Gasteiger partial charge in [-0.25, -0.2) is 0 Å². The van der Waals surface area contributed by atoms with Gasteiger partial charge in [-0.05, 0) is 36.0 Å². The molecule has 0 saturated heterocycles. The SMILES string of the molecule is CCC(C)(C)C(CCC(C)(C)C)OCC(C)C. The van der Waals surface area contributed by atoms with E-state index in [0.717, 1.165) is 6.61 Å². The van der Waals surface area contributed by atoms with Crippen LogP contribution in [0.2, 0.25) is 0 Å². The largest absolute Gasteiger partial charge is 0.377 e. The van der Waals surface area contributed by atoms with Gasteiger partial charge in [-0.1, -0.05) is 55.4 Å². The molecular weight excluding hydrogens is 208 g/mol. The Morgan fingerprint density at radius 1 is 1.00 bits per heavy atom. The molecule has 104 valence electrons. The van der Waals surface area contributed by atoms with Crippen LogP contribution < -0.4 is 0 Å². The van der Waals surface area contributed by atoms with E-state index in [-0.39, 0.29) is 0 Å². The van der Waals surface area contributed by atoms with Crippen molar-refractivity contribution in [2.45, 2.75) is 80.8 Å². The lowest BCUT2D eigenvalue weighted by molar-refractivity contribution is -0.0475. The van der Waals surface area contributed by atoms with Gasteiger partial charge in [0, 0.05) is 6.61 Å². The van der Waals surface area contributed by atoms with Gasteiger partial charge in [0.1, 0.15) is 0 Å². The van der Waals surface area contributed by atoms with E-state index >= 15 is 0 Å². The molecule has 0 bridgehead atoms. The average molecular weight is 242 g/mol. The van der Waals surface area contributed by atoms with Crippen LogP contribution in [0.5, 0.6) is 0 Å². The minimum Gasteiger partial charge on any atom is -0.377 e. The Morgan fingerprint density at radius 3 is 1.88 bits per heavy atom. The third-order valence-electron chi connectivity index (χ3n) is 3.57. The minimum absolute atomic E-state index is 0.292. The monoisotopic (exact) mass is 242 g/mol. The molecule has 0 rings (SSSR count). The fourth-order valence-corrected chi connectivity index (χ4v) is 1.80.